The number of dihydropyridines is 1. The molecule has 3 rings (SSSR count). The largest absolute Gasteiger partial charge is 0.365 e. The Morgan fingerprint density at radius 3 is 2.96 bits per heavy atom. The molecule has 1 aromatic heterocycles. The van der Waals surface area contributed by atoms with Crippen LogP contribution in [0.25, 0.3) is 0 Å². The third kappa shape index (κ3) is 4.79. The first-order chi connectivity index (χ1) is 12.7. The summed E-state index contributed by atoms with van der Waals surface area (Å²) in [5.74, 6) is 0.781. The summed E-state index contributed by atoms with van der Waals surface area (Å²) in [4.78, 5) is 9.08. The molecule has 2 heterocycles. The second-order valence-electron chi connectivity index (χ2n) is 7.33. The fourth-order valence-electron chi connectivity index (χ4n) is 3.46. The number of pyridine rings is 1. The Bertz CT molecular complexity index is 704. The average Bonchev–Trinajstić information content (AvgIpc) is 2.59. The van der Waals surface area contributed by atoms with Gasteiger partial charge in [0.2, 0.25) is 0 Å². The molecule has 2 aliphatic rings. The molecular formula is C21H29FN4. The lowest BCUT2D eigenvalue weighted by Gasteiger charge is -2.29. The van der Waals surface area contributed by atoms with Crippen molar-refractivity contribution >= 4 is 6.21 Å². The minimum absolute atomic E-state index is 0.0991. The van der Waals surface area contributed by atoms with Crippen LogP contribution >= 0.6 is 0 Å². The van der Waals surface area contributed by atoms with E-state index in [1.54, 1.807) is 0 Å². The van der Waals surface area contributed by atoms with Crippen molar-refractivity contribution in [2.24, 2.45) is 16.6 Å². The molecule has 0 bridgehead atoms. The molecule has 1 unspecified atom stereocenters. The number of aromatic nitrogens is 1. The number of allylic oxidation sites excluding steroid dienone is 1. The van der Waals surface area contributed by atoms with Crippen molar-refractivity contribution in [3.05, 3.63) is 52.6 Å². The first-order valence-electron chi connectivity index (χ1n) is 9.59. The molecule has 0 saturated heterocycles. The number of rotatable bonds is 8. The van der Waals surface area contributed by atoms with Crippen LogP contribution in [-0.2, 0) is 13.0 Å². The van der Waals surface area contributed by atoms with Gasteiger partial charge in [-0.3, -0.25) is 14.4 Å². The Hall–Kier alpha value is -2.01. The zero-order chi connectivity index (χ0) is 18.4. The van der Waals surface area contributed by atoms with Crippen LogP contribution in [-0.4, -0.2) is 23.9 Å². The van der Waals surface area contributed by atoms with Gasteiger partial charge in [-0.1, -0.05) is 25.3 Å². The normalized spacial score (nSPS) is 20.5. The maximum absolute atomic E-state index is 12.3. The van der Waals surface area contributed by atoms with Gasteiger partial charge >= 0.3 is 0 Å². The molecule has 1 fully saturated rings. The Balaban J connectivity index is 1.64. The van der Waals surface area contributed by atoms with Crippen LogP contribution in [0, 0.1) is 12.8 Å². The van der Waals surface area contributed by atoms with E-state index in [0.29, 0.717) is 19.4 Å². The van der Waals surface area contributed by atoms with E-state index in [1.165, 1.54) is 25.0 Å². The highest BCUT2D eigenvalue weighted by atomic mass is 19.1. The number of nitrogens with one attached hydrogen (secondary N) is 1. The van der Waals surface area contributed by atoms with Gasteiger partial charge in [-0.05, 0) is 55.5 Å². The van der Waals surface area contributed by atoms with Gasteiger partial charge < -0.3 is 11.1 Å². The Morgan fingerprint density at radius 1 is 1.42 bits per heavy atom. The monoisotopic (exact) mass is 356 g/mol. The van der Waals surface area contributed by atoms with E-state index in [2.05, 4.69) is 21.4 Å². The van der Waals surface area contributed by atoms with Gasteiger partial charge in [0, 0.05) is 29.4 Å². The van der Waals surface area contributed by atoms with Crippen LogP contribution in [0.2, 0.25) is 0 Å². The highest BCUT2D eigenvalue weighted by molar-refractivity contribution is 5.82. The van der Waals surface area contributed by atoms with Crippen molar-refractivity contribution in [2.45, 2.75) is 58.0 Å². The van der Waals surface area contributed by atoms with E-state index in [0.717, 1.165) is 34.7 Å². The predicted octanol–water partition coefficient (Wildman–Crippen LogP) is 3.75. The van der Waals surface area contributed by atoms with Gasteiger partial charge in [-0.2, -0.15) is 0 Å². The number of hydrogen-bond acceptors (Lipinski definition) is 4. The molecule has 0 aromatic carbocycles. The summed E-state index contributed by atoms with van der Waals surface area (Å²) in [7, 11) is 0. The maximum atomic E-state index is 12.3. The van der Waals surface area contributed by atoms with E-state index in [-0.39, 0.29) is 12.7 Å². The lowest BCUT2D eigenvalue weighted by atomic mass is 9.81. The van der Waals surface area contributed by atoms with Crippen LogP contribution in [0.5, 0.6) is 0 Å². The van der Waals surface area contributed by atoms with Crippen molar-refractivity contribution < 1.29 is 4.39 Å². The summed E-state index contributed by atoms with van der Waals surface area (Å²) in [6.07, 6.45) is 13.9. The van der Waals surface area contributed by atoms with E-state index in [1.807, 2.05) is 31.6 Å². The highest BCUT2D eigenvalue weighted by Crippen LogP contribution is 2.32. The second-order valence-corrected chi connectivity index (χ2v) is 7.33. The summed E-state index contributed by atoms with van der Waals surface area (Å²) in [6.45, 7) is 2.31. The van der Waals surface area contributed by atoms with Crippen molar-refractivity contribution in [1.82, 2.24) is 10.3 Å². The van der Waals surface area contributed by atoms with Crippen LogP contribution in [0.1, 0.15) is 48.9 Å². The fourth-order valence-corrected chi connectivity index (χ4v) is 3.46. The zero-order valence-corrected chi connectivity index (χ0v) is 15.5. The second kappa shape index (κ2) is 9.08. The number of aliphatic imine (C=N–C) groups is 1. The van der Waals surface area contributed by atoms with Gasteiger partial charge in [0.15, 0.2) is 0 Å². The minimum atomic E-state index is -0.297. The Morgan fingerprint density at radius 2 is 2.27 bits per heavy atom. The molecule has 1 aliphatic heterocycles. The lowest BCUT2D eigenvalue weighted by molar-refractivity contribution is 0.309. The molecule has 5 heteroatoms. The zero-order valence-electron chi connectivity index (χ0n) is 15.5. The van der Waals surface area contributed by atoms with Crippen LogP contribution in [0.15, 0.2) is 40.8 Å². The van der Waals surface area contributed by atoms with E-state index < -0.39 is 0 Å². The molecule has 140 valence electrons. The van der Waals surface area contributed by atoms with Gasteiger partial charge in [0.1, 0.15) is 0 Å². The fraction of sp³-hybridized carbons (Fsp3) is 0.524. The molecule has 0 radical (unpaired) electrons. The molecule has 1 aromatic rings. The van der Waals surface area contributed by atoms with Crippen molar-refractivity contribution in [2.75, 3.05) is 6.67 Å². The molecule has 4 nitrogen and oxygen atoms in total. The molecule has 1 aliphatic carbocycles. The molecular weight excluding hydrogens is 327 g/mol. The third-order valence-corrected chi connectivity index (χ3v) is 5.28. The summed E-state index contributed by atoms with van der Waals surface area (Å²) < 4.78 is 12.3. The number of nitrogens with two attached hydrogens (primary N) is 1. The standard InChI is InChI=1S/C21H29FN4/c1-15-10-17(13-26-20(15)6-3-8-22)12-24-14-18-19(23)7-9-25-21(18)11-16-4-2-5-16/h7,9-10,13-14,16,19,25H,2-6,8,11-12,23H2,1H3. The third-order valence-electron chi connectivity index (χ3n) is 5.28. The average molecular weight is 356 g/mol. The summed E-state index contributed by atoms with van der Waals surface area (Å²) in [5, 5.41) is 3.37. The number of aryl methyl sites for hydroxylation is 2. The molecule has 26 heavy (non-hydrogen) atoms. The maximum Gasteiger partial charge on any atom is 0.0898 e. The topological polar surface area (TPSA) is 63.3 Å². The first-order valence-corrected chi connectivity index (χ1v) is 9.59. The van der Waals surface area contributed by atoms with Crippen molar-refractivity contribution in [3.8, 4) is 0 Å². The molecule has 3 N–H and O–H groups in total. The summed E-state index contributed by atoms with van der Waals surface area (Å²) >= 11 is 0. The van der Waals surface area contributed by atoms with Crippen LogP contribution in [0.4, 0.5) is 4.39 Å². The van der Waals surface area contributed by atoms with Crippen molar-refractivity contribution in [1.29, 1.82) is 0 Å². The van der Waals surface area contributed by atoms with E-state index in [4.69, 9.17) is 5.73 Å². The molecule has 1 saturated carbocycles. The first kappa shape index (κ1) is 18.8. The SMILES string of the molecule is Cc1cc(CN=CC2=C(CC3CCC3)NC=CC2N)cnc1CCCF. The number of hydrogen-bond donors (Lipinski definition) is 2. The van der Waals surface area contributed by atoms with Crippen LogP contribution < -0.4 is 11.1 Å². The van der Waals surface area contributed by atoms with E-state index in [9.17, 15) is 4.39 Å². The quantitative estimate of drug-likeness (QED) is 0.697. The Kier molecular flexibility index (Phi) is 6.56. The van der Waals surface area contributed by atoms with Gasteiger partial charge in [-0.25, -0.2) is 0 Å². The molecule has 1 atom stereocenters. The highest BCUT2D eigenvalue weighted by Gasteiger charge is 2.22. The minimum Gasteiger partial charge on any atom is -0.365 e. The number of halogens is 1. The molecule has 0 spiro atoms. The van der Waals surface area contributed by atoms with Crippen LogP contribution in [0.3, 0.4) is 0 Å². The number of alkyl halides is 1. The van der Waals surface area contributed by atoms with Gasteiger partial charge in [-0.15, -0.1) is 0 Å². The van der Waals surface area contributed by atoms with Gasteiger partial charge in [0.05, 0.1) is 19.3 Å². The Labute approximate surface area is 155 Å². The smallest absolute Gasteiger partial charge is 0.0898 e. The van der Waals surface area contributed by atoms with Gasteiger partial charge in [0.25, 0.3) is 0 Å². The predicted molar refractivity (Wildman–Crippen MR) is 105 cm³/mol. The van der Waals surface area contributed by atoms with E-state index >= 15 is 0 Å². The lowest BCUT2D eigenvalue weighted by Crippen LogP contribution is -2.31. The summed E-state index contributed by atoms with van der Waals surface area (Å²) in [6, 6.07) is 2.00. The van der Waals surface area contributed by atoms with Crippen molar-refractivity contribution in [3.63, 3.8) is 0 Å². The summed E-state index contributed by atoms with van der Waals surface area (Å²) in [5.41, 5.74) is 11.7. The number of nitrogens with zero attached hydrogens (tertiary/aromatic N) is 2. The molecule has 0 amide bonds.